The van der Waals surface area contributed by atoms with Gasteiger partial charge in [-0.3, -0.25) is 9.10 Å². The largest absolute Gasteiger partial charge is 0.491 e. The number of benzene rings is 3. The summed E-state index contributed by atoms with van der Waals surface area (Å²) in [6, 6.07) is 20.9. The Labute approximate surface area is 202 Å². The number of ether oxygens (including phenoxy) is 1. The molecule has 0 radical (unpaired) electrons. The van der Waals surface area contributed by atoms with Gasteiger partial charge in [0.05, 0.1) is 17.1 Å². The van der Waals surface area contributed by atoms with Crippen molar-refractivity contribution in [1.29, 1.82) is 0 Å². The molecule has 1 N–H and O–H groups in total. The first kappa shape index (κ1) is 24.1. The van der Waals surface area contributed by atoms with Crippen LogP contribution in [0.5, 0.6) is 5.75 Å². The van der Waals surface area contributed by atoms with Crippen LogP contribution in [0.25, 0.3) is 0 Å². The molecule has 0 aliphatic rings. The number of rotatable bonds is 9. The van der Waals surface area contributed by atoms with Crippen LogP contribution >= 0.6 is 22.6 Å². The number of nitrogens with zero attached hydrogens (tertiary/aromatic N) is 1. The summed E-state index contributed by atoms with van der Waals surface area (Å²) >= 11 is 2.15. The van der Waals surface area contributed by atoms with Gasteiger partial charge in [0.25, 0.3) is 10.0 Å². The van der Waals surface area contributed by atoms with Gasteiger partial charge in [-0.05, 0) is 90.0 Å². The van der Waals surface area contributed by atoms with Crippen LogP contribution in [0, 0.1) is 17.4 Å². The molecule has 0 aliphatic heterocycles. The highest BCUT2D eigenvalue weighted by molar-refractivity contribution is 14.1. The van der Waals surface area contributed by atoms with Crippen LogP contribution in [0.2, 0.25) is 0 Å². The number of halogens is 1. The van der Waals surface area contributed by atoms with Crippen molar-refractivity contribution >= 4 is 44.2 Å². The Balaban J connectivity index is 1.68. The van der Waals surface area contributed by atoms with Crippen molar-refractivity contribution in [3.63, 3.8) is 0 Å². The van der Waals surface area contributed by atoms with Gasteiger partial charge in [0.15, 0.2) is 0 Å². The fourth-order valence-corrected chi connectivity index (χ4v) is 4.86. The molecule has 6 nitrogen and oxygen atoms in total. The van der Waals surface area contributed by atoms with Gasteiger partial charge in [0.2, 0.25) is 5.91 Å². The minimum absolute atomic E-state index is 0.129. The summed E-state index contributed by atoms with van der Waals surface area (Å²) in [5.74, 6) is 0.360. The topological polar surface area (TPSA) is 75.7 Å². The molecule has 0 spiro atoms. The van der Waals surface area contributed by atoms with Crippen molar-refractivity contribution in [3.05, 3.63) is 87.5 Å². The van der Waals surface area contributed by atoms with Gasteiger partial charge in [-0.25, -0.2) is 8.42 Å². The molecule has 0 saturated heterocycles. The van der Waals surface area contributed by atoms with Gasteiger partial charge in [0.1, 0.15) is 18.9 Å². The Morgan fingerprint density at radius 1 is 0.969 bits per heavy atom. The van der Waals surface area contributed by atoms with Crippen molar-refractivity contribution in [1.82, 2.24) is 5.32 Å². The Kier molecular flexibility index (Phi) is 8.14. The number of nitrogens with one attached hydrogen (secondary N) is 1. The molecule has 0 aliphatic carbocycles. The number of carbonyl (C=O) groups excluding carboxylic acids is 1. The van der Waals surface area contributed by atoms with Gasteiger partial charge in [-0.2, -0.15) is 0 Å². The van der Waals surface area contributed by atoms with E-state index in [-0.39, 0.29) is 24.6 Å². The van der Waals surface area contributed by atoms with Crippen molar-refractivity contribution < 1.29 is 17.9 Å². The lowest BCUT2D eigenvalue weighted by Gasteiger charge is -2.24. The lowest BCUT2D eigenvalue weighted by molar-refractivity contribution is -0.119. The minimum atomic E-state index is -3.91. The summed E-state index contributed by atoms with van der Waals surface area (Å²) in [6.07, 6.45) is 0. The lowest BCUT2D eigenvalue weighted by Crippen LogP contribution is -2.41. The number of anilines is 1. The van der Waals surface area contributed by atoms with E-state index in [0.29, 0.717) is 5.69 Å². The molecule has 32 heavy (non-hydrogen) atoms. The smallest absolute Gasteiger partial charge is 0.264 e. The maximum atomic E-state index is 13.3. The fraction of sp³-hybridized carbons (Fsp3) is 0.208. The monoisotopic (exact) mass is 564 g/mol. The Morgan fingerprint density at radius 2 is 1.66 bits per heavy atom. The first-order valence-electron chi connectivity index (χ1n) is 10.1. The molecular formula is C24H25IN2O4S. The summed E-state index contributed by atoms with van der Waals surface area (Å²) in [5.41, 5.74) is 2.61. The second-order valence-corrected chi connectivity index (χ2v) is 10.3. The normalized spacial score (nSPS) is 11.1. The van der Waals surface area contributed by atoms with Crippen LogP contribution in [-0.2, 0) is 14.8 Å². The highest BCUT2D eigenvalue weighted by atomic mass is 127. The maximum Gasteiger partial charge on any atom is 0.264 e. The Bertz CT molecular complexity index is 1170. The molecule has 0 atom stereocenters. The SMILES string of the molecule is Cc1cccc(OCCNC(=O)CN(c2ccc(I)cc2)S(=O)(=O)c2ccccc2)c1C. The van der Waals surface area contributed by atoms with Crippen LogP contribution in [0.4, 0.5) is 5.69 Å². The number of carbonyl (C=O) groups is 1. The van der Waals surface area contributed by atoms with E-state index in [2.05, 4.69) is 27.9 Å². The summed E-state index contributed by atoms with van der Waals surface area (Å²) in [4.78, 5) is 12.8. The number of hydrogen-bond donors (Lipinski definition) is 1. The molecule has 0 fully saturated rings. The average molecular weight is 564 g/mol. The van der Waals surface area contributed by atoms with Gasteiger partial charge in [0, 0.05) is 3.57 Å². The molecule has 0 saturated carbocycles. The fourth-order valence-electron chi connectivity index (χ4n) is 3.06. The van der Waals surface area contributed by atoms with E-state index in [4.69, 9.17) is 4.74 Å². The van der Waals surface area contributed by atoms with E-state index >= 15 is 0 Å². The molecule has 168 valence electrons. The second-order valence-electron chi connectivity index (χ2n) is 7.20. The van der Waals surface area contributed by atoms with Gasteiger partial charge in [-0.15, -0.1) is 0 Å². The molecule has 0 bridgehead atoms. The third kappa shape index (κ3) is 6.01. The lowest BCUT2D eigenvalue weighted by atomic mass is 10.1. The van der Waals surface area contributed by atoms with Crippen molar-refractivity contribution in [2.75, 3.05) is 24.0 Å². The van der Waals surface area contributed by atoms with Gasteiger partial charge < -0.3 is 10.1 Å². The molecule has 0 heterocycles. The Hall–Kier alpha value is -2.59. The molecular weight excluding hydrogens is 539 g/mol. The second kappa shape index (κ2) is 10.8. The summed E-state index contributed by atoms with van der Waals surface area (Å²) in [6.45, 7) is 4.21. The summed E-state index contributed by atoms with van der Waals surface area (Å²) < 4.78 is 34.4. The van der Waals surface area contributed by atoms with E-state index in [1.54, 1.807) is 42.5 Å². The number of hydrogen-bond acceptors (Lipinski definition) is 4. The number of aryl methyl sites for hydroxylation is 1. The van der Waals surface area contributed by atoms with Crippen LogP contribution in [0.15, 0.2) is 77.7 Å². The first-order valence-corrected chi connectivity index (χ1v) is 12.6. The standard InChI is InChI=1S/C24H25IN2O4S/c1-18-7-6-10-23(19(18)2)31-16-15-26-24(28)17-27(21-13-11-20(25)12-14-21)32(29,30)22-8-4-3-5-9-22/h3-14H,15-17H2,1-2H3,(H,26,28). The predicted molar refractivity (Wildman–Crippen MR) is 135 cm³/mol. The molecule has 8 heteroatoms. The molecule has 0 unspecified atom stereocenters. The van der Waals surface area contributed by atoms with Crippen LogP contribution in [0.1, 0.15) is 11.1 Å². The molecule has 1 amide bonds. The van der Waals surface area contributed by atoms with Crippen molar-refractivity contribution in [2.24, 2.45) is 0 Å². The third-order valence-electron chi connectivity index (χ3n) is 4.97. The molecule has 3 aromatic carbocycles. The van der Waals surface area contributed by atoms with E-state index in [1.165, 1.54) is 12.1 Å². The van der Waals surface area contributed by atoms with Gasteiger partial charge >= 0.3 is 0 Å². The van der Waals surface area contributed by atoms with Crippen LogP contribution < -0.4 is 14.4 Å². The zero-order chi connectivity index (χ0) is 23.1. The molecule has 3 rings (SSSR count). The van der Waals surface area contributed by atoms with E-state index in [1.807, 2.05) is 32.0 Å². The van der Waals surface area contributed by atoms with E-state index < -0.39 is 15.9 Å². The molecule has 0 aromatic heterocycles. The number of amides is 1. The van der Waals surface area contributed by atoms with E-state index in [0.717, 1.165) is 24.8 Å². The summed E-state index contributed by atoms with van der Waals surface area (Å²) in [7, 11) is -3.91. The highest BCUT2D eigenvalue weighted by Crippen LogP contribution is 2.24. The average Bonchev–Trinajstić information content (AvgIpc) is 2.79. The van der Waals surface area contributed by atoms with Crippen LogP contribution in [-0.4, -0.2) is 34.0 Å². The number of sulfonamides is 1. The van der Waals surface area contributed by atoms with E-state index in [9.17, 15) is 13.2 Å². The Morgan fingerprint density at radius 3 is 2.34 bits per heavy atom. The quantitative estimate of drug-likeness (QED) is 0.311. The molecule has 3 aromatic rings. The highest BCUT2D eigenvalue weighted by Gasteiger charge is 2.27. The van der Waals surface area contributed by atoms with Crippen molar-refractivity contribution in [3.8, 4) is 5.75 Å². The summed E-state index contributed by atoms with van der Waals surface area (Å²) in [5, 5.41) is 2.75. The van der Waals surface area contributed by atoms with Crippen LogP contribution in [0.3, 0.4) is 0 Å². The predicted octanol–water partition coefficient (Wildman–Crippen LogP) is 4.30. The zero-order valence-electron chi connectivity index (χ0n) is 17.9. The maximum absolute atomic E-state index is 13.3. The zero-order valence-corrected chi connectivity index (χ0v) is 20.9. The van der Waals surface area contributed by atoms with Crippen molar-refractivity contribution in [2.45, 2.75) is 18.7 Å². The third-order valence-corrected chi connectivity index (χ3v) is 7.48. The minimum Gasteiger partial charge on any atom is -0.491 e. The first-order chi connectivity index (χ1) is 15.3. The van der Waals surface area contributed by atoms with Gasteiger partial charge in [-0.1, -0.05) is 30.3 Å².